The Hall–Kier alpha value is -2.87. The van der Waals surface area contributed by atoms with Crippen molar-refractivity contribution >= 4 is 33.2 Å². The van der Waals surface area contributed by atoms with E-state index in [1.165, 1.54) is 6.92 Å². The molecule has 31 heavy (non-hydrogen) atoms. The van der Waals surface area contributed by atoms with Gasteiger partial charge in [0.15, 0.2) is 0 Å². The molecule has 1 saturated heterocycles. The number of nitrogens with one attached hydrogen (secondary N) is 1. The van der Waals surface area contributed by atoms with E-state index in [4.69, 9.17) is 0 Å². The Morgan fingerprint density at radius 3 is 2.13 bits per heavy atom. The lowest BCUT2D eigenvalue weighted by molar-refractivity contribution is -0.116. The van der Waals surface area contributed by atoms with E-state index in [2.05, 4.69) is 5.32 Å². The number of carbonyl (C=O) groups excluding carboxylic acids is 2. The molecule has 0 bridgehead atoms. The molecule has 1 heterocycles. The van der Waals surface area contributed by atoms with Gasteiger partial charge >= 0.3 is 0 Å². The Morgan fingerprint density at radius 1 is 0.935 bits per heavy atom. The molecule has 2 amide bonds. The Labute approximate surface area is 184 Å². The van der Waals surface area contributed by atoms with E-state index < -0.39 is 22.0 Å². The quantitative estimate of drug-likeness (QED) is 0.740. The van der Waals surface area contributed by atoms with E-state index in [9.17, 15) is 18.0 Å². The third kappa shape index (κ3) is 5.64. The van der Waals surface area contributed by atoms with Crippen LogP contribution in [-0.4, -0.2) is 50.5 Å². The zero-order chi connectivity index (χ0) is 22.4. The Morgan fingerprint density at radius 2 is 1.52 bits per heavy atom. The van der Waals surface area contributed by atoms with Gasteiger partial charge in [-0.3, -0.25) is 13.9 Å². The van der Waals surface area contributed by atoms with Crippen molar-refractivity contribution in [3.63, 3.8) is 0 Å². The predicted octanol–water partition coefficient (Wildman–Crippen LogP) is 3.50. The summed E-state index contributed by atoms with van der Waals surface area (Å²) in [4.78, 5) is 28.0. The van der Waals surface area contributed by atoms with Crippen molar-refractivity contribution in [1.82, 2.24) is 4.90 Å². The predicted molar refractivity (Wildman–Crippen MR) is 123 cm³/mol. The summed E-state index contributed by atoms with van der Waals surface area (Å²) in [6.07, 6.45) is 5.23. The SMILES string of the molecule is C[C@H](C(=O)Nc1ccccc1C(=O)N1CCCCCC1)N(c1ccccc1)S(C)(=O)=O. The lowest BCUT2D eigenvalue weighted by Gasteiger charge is -2.28. The van der Waals surface area contributed by atoms with Crippen molar-refractivity contribution in [1.29, 1.82) is 0 Å². The Kier molecular flexibility index (Phi) is 7.33. The van der Waals surface area contributed by atoms with Crippen LogP contribution < -0.4 is 9.62 Å². The number of carbonyl (C=O) groups is 2. The molecule has 0 aromatic heterocycles. The standard InChI is InChI=1S/C23H29N3O4S/c1-18(26(31(2,29)30)19-12-6-5-7-13-19)22(27)24-21-15-9-8-14-20(21)23(28)25-16-10-3-4-11-17-25/h5-9,12-15,18H,3-4,10-11,16-17H2,1-2H3,(H,24,27)/t18-/m1/s1. The molecular formula is C23H29N3O4S. The van der Waals surface area contributed by atoms with Crippen LogP contribution in [0.5, 0.6) is 0 Å². The first-order valence-corrected chi connectivity index (χ1v) is 12.4. The van der Waals surface area contributed by atoms with E-state index in [1.54, 1.807) is 54.6 Å². The smallest absolute Gasteiger partial charge is 0.255 e. The van der Waals surface area contributed by atoms with Gasteiger partial charge < -0.3 is 10.2 Å². The van der Waals surface area contributed by atoms with Gasteiger partial charge in [-0.15, -0.1) is 0 Å². The van der Waals surface area contributed by atoms with Crippen LogP contribution in [0, 0.1) is 0 Å². The van der Waals surface area contributed by atoms with Crippen LogP contribution in [0.25, 0.3) is 0 Å². The van der Waals surface area contributed by atoms with Crippen LogP contribution in [-0.2, 0) is 14.8 Å². The molecule has 0 aliphatic carbocycles. The topological polar surface area (TPSA) is 86.8 Å². The highest BCUT2D eigenvalue weighted by atomic mass is 32.2. The molecule has 1 aliphatic heterocycles. The molecule has 166 valence electrons. The van der Waals surface area contributed by atoms with E-state index in [-0.39, 0.29) is 5.91 Å². The first-order valence-electron chi connectivity index (χ1n) is 10.5. The summed E-state index contributed by atoms with van der Waals surface area (Å²) in [6, 6.07) is 14.4. The number of hydrogen-bond acceptors (Lipinski definition) is 4. The first kappa shape index (κ1) is 22.8. The summed E-state index contributed by atoms with van der Waals surface area (Å²) >= 11 is 0. The van der Waals surface area contributed by atoms with Gasteiger partial charge in [0.2, 0.25) is 15.9 Å². The van der Waals surface area contributed by atoms with Gasteiger partial charge in [-0.05, 0) is 44.0 Å². The van der Waals surface area contributed by atoms with E-state index in [0.717, 1.165) is 36.2 Å². The van der Waals surface area contributed by atoms with Crippen molar-refractivity contribution in [2.45, 2.75) is 38.6 Å². The summed E-state index contributed by atoms with van der Waals surface area (Å²) in [5.74, 6) is -0.626. The lowest BCUT2D eigenvalue weighted by Crippen LogP contribution is -2.45. The molecule has 1 atom stereocenters. The van der Waals surface area contributed by atoms with Crippen LogP contribution in [0.4, 0.5) is 11.4 Å². The number of likely N-dealkylation sites (tertiary alicyclic amines) is 1. The Balaban J connectivity index is 1.83. The maximum Gasteiger partial charge on any atom is 0.255 e. The second-order valence-corrected chi connectivity index (χ2v) is 9.67. The summed E-state index contributed by atoms with van der Waals surface area (Å²) < 4.78 is 25.9. The molecular weight excluding hydrogens is 414 g/mol. The number of nitrogens with zero attached hydrogens (tertiary/aromatic N) is 2. The van der Waals surface area contributed by atoms with Crippen molar-refractivity contribution in [3.8, 4) is 0 Å². The van der Waals surface area contributed by atoms with Gasteiger partial charge in [-0.2, -0.15) is 0 Å². The van der Waals surface area contributed by atoms with Crippen molar-refractivity contribution in [3.05, 3.63) is 60.2 Å². The molecule has 3 rings (SSSR count). The summed E-state index contributed by atoms with van der Waals surface area (Å²) in [6.45, 7) is 2.93. The maximum atomic E-state index is 13.1. The third-order valence-corrected chi connectivity index (χ3v) is 6.65. The van der Waals surface area contributed by atoms with Crippen molar-refractivity contribution in [2.75, 3.05) is 29.0 Å². The zero-order valence-corrected chi connectivity index (χ0v) is 18.8. The van der Waals surface area contributed by atoms with Crippen LogP contribution in [0.15, 0.2) is 54.6 Å². The molecule has 2 aromatic rings. The normalized spacial score (nSPS) is 15.6. The number of rotatable bonds is 6. The van der Waals surface area contributed by atoms with Crippen LogP contribution >= 0.6 is 0 Å². The van der Waals surface area contributed by atoms with Crippen molar-refractivity contribution < 1.29 is 18.0 Å². The second kappa shape index (κ2) is 9.96. The molecule has 0 unspecified atom stereocenters. The first-order chi connectivity index (χ1) is 14.8. The molecule has 0 spiro atoms. The number of amides is 2. The fourth-order valence-electron chi connectivity index (χ4n) is 3.84. The fraction of sp³-hybridized carbons (Fsp3) is 0.391. The summed E-state index contributed by atoms with van der Waals surface area (Å²) in [7, 11) is -3.70. The van der Waals surface area contributed by atoms with Gasteiger partial charge in [-0.25, -0.2) is 8.42 Å². The minimum absolute atomic E-state index is 0.117. The van der Waals surface area contributed by atoms with Gasteiger partial charge in [0.25, 0.3) is 5.91 Å². The largest absolute Gasteiger partial charge is 0.339 e. The number of benzene rings is 2. The minimum Gasteiger partial charge on any atom is -0.339 e. The molecule has 1 N–H and O–H groups in total. The number of anilines is 2. The summed E-state index contributed by atoms with van der Waals surface area (Å²) in [5, 5.41) is 2.78. The monoisotopic (exact) mass is 443 g/mol. The molecule has 0 radical (unpaired) electrons. The summed E-state index contributed by atoms with van der Waals surface area (Å²) in [5.41, 5.74) is 1.20. The maximum absolute atomic E-state index is 13.1. The average molecular weight is 444 g/mol. The van der Waals surface area contributed by atoms with E-state index >= 15 is 0 Å². The van der Waals surface area contributed by atoms with Gasteiger partial charge in [0.1, 0.15) is 6.04 Å². The Bertz CT molecular complexity index is 1020. The highest BCUT2D eigenvalue weighted by Gasteiger charge is 2.30. The highest BCUT2D eigenvalue weighted by Crippen LogP contribution is 2.23. The fourth-order valence-corrected chi connectivity index (χ4v) is 5.02. The van der Waals surface area contributed by atoms with Gasteiger partial charge in [-0.1, -0.05) is 43.2 Å². The lowest BCUT2D eigenvalue weighted by atomic mass is 10.1. The van der Waals surface area contributed by atoms with Crippen LogP contribution in [0.1, 0.15) is 43.0 Å². The molecule has 8 heteroatoms. The number of sulfonamides is 1. The third-order valence-electron chi connectivity index (χ3n) is 5.41. The second-order valence-electron chi connectivity index (χ2n) is 7.81. The van der Waals surface area contributed by atoms with Gasteiger partial charge in [0, 0.05) is 13.1 Å². The molecule has 7 nitrogen and oxygen atoms in total. The van der Waals surface area contributed by atoms with Crippen LogP contribution in [0.3, 0.4) is 0 Å². The van der Waals surface area contributed by atoms with E-state index in [1.807, 2.05) is 4.90 Å². The van der Waals surface area contributed by atoms with E-state index in [0.29, 0.717) is 30.0 Å². The molecule has 1 fully saturated rings. The minimum atomic E-state index is -3.70. The van der Waals surface area contributed by atoms with Gasteiger partial charge in [0.05, 0.1) is 23.2 Å². The molecule has 2 aromatic carbocycles. The van der Waals surface area contributed by atoms with Crippen molar-refractivity contribution in [2.24, 2.45) is 0 Å². The van der Waals surface area contributed by atoms with Crippen LogP contribution in [0.2, 0.25) is 0 Å². The number of para-hydroxylation sites is 2. The number of hydrogen-bond donors (Lipinski definition) is 1. The molecule has 0 saturated carbocycles. The molecule has 1 aliphatic rings. The average Bonchev–Trinajstić information content (AvgIpc) is 3.03. The zero-order valence-electron chi connectivity index (χ0n) is 18.0. The highest BCUT2D eigenvalue weighted by molar-refractivity contribution is 7.92.